The lowest BCUT2D eigenvalue weighted by molar-refractivity contribution is -0.147. The predicted molar refractivity (Wildman–Crippen MR) is 64.7 cm³/mol. The summed E-state index contributed by atoms with van der Waals surface area (Å²) in [5, 5.41) is 8.71. The number of hydrogen-bond donors (Lipinski definition) is 1. The van der Waals surface area contributed by atoms with E-state index < -0.39 is 5.97 Å². The molecule has 1 saturated heterocycles. The second kappa shape index (κ2) is 5.51. The van der Waals surface area contributed by atoms with Crippen LogP contribution in [0.1, 0.15) is 0 Å². The maximum atomic E-state index is 13.3. The van der Waals surface area contributed by atoms with Crippen LogP contribution in [0.3, 0.4) is 0 Å². The van der Waals surface area contributed by atoms with Crippen LogP contribution < -0.4 is 0 Å². The van der Waals surface area contributed by atoms with Gasteiger partial charge in [0, 0.05) is 30.3 Å². The Kier molecular flexibility index (Phi) is 4.02. The zero-order valence-electron chi connectivity index (χ0n) is 9.30. The second-order valence-electron chi connectivity index (χ2n) is 4.07. The van der Waals surface area contributed by atoms with Crippen LogP contribution in [0.5, 0.6) is 0 Å². The zero-order valence-corrected chi connectivity index (χ0v) is 10.1. The fourth-order valence-corrected chi connectivity index (χ4v) is 2.71. The molecular formula is C12H14FNO2S. The molecule has 0 aliphatic carbocycles. The fraction of sp³-hybridized carbons (Fsp3) is 0.417. The van der Waals surface area contributed by atoms with Gasteiger partial charge < -0.3 is 10.0 Å². The minimum Gasteiger partial charge on any atom is -0.481 e. The number of rotatable bonds is 5. The zero-order chi connectivity index (χ0) is 12.3. The highest BCUT2D eigenvalue weighted by molar-refractivity contribution is 7.99. The predicted octanol–water partition coefficient (Wildman–Crippen LogP) is 1.93. The smallest absolute Gasteiger partial charge is 0.309 e. The third-order valence-corrected chi connectivity index (χ3v) is 3.84. The lowest BCUT2D eigenvalue weighted by atomic mass is 10.0. The van der Waals surface area contributed by atoms with E-state index in [1.165, 1.54) is 17.8 Å². The van der Waals surface area contributed by atoms with Crippen molar-refractivity contribution in [3.05, 3.63) is 30.1 Å². The molecule has 0 radical (unpaired) electrons. The van der Waals surface area contributed by atoms with Gasteiger partial charge in [-0.1, -0.05) is 12.1 Å². The standard InChI is InChI=1S/C12H14FNO2S/c13-10-3-1-2-4-11(10)17-6-5-14-7-9(8-14)12(15)16/h1-4,9H,5-8H2,(H,15,16). The molecule has 1 heterocycles. The summed E-state index contributed by atoms with van der Waals surface area (Å²) in [7, 11) is 0. The van der Waals surface area contributed by atoms with Gasteiger partial charge in [0.1, 0.15) is 5.82 Å². The average Bonchev–Trinajstić information content (AvgIpc) is 2.23. The van der Waals surface area contributed by atoms with E-state index in [2.05, 4.69) is 4.90 Å². The molecular weight excluding hydrogens is 241 g/mol. The van der Waals surface area contributed by atoms with Crippen molar-refractivity contribution in [1.29, 1.82) is 0 Å². The Morgan fingerprint density at radius 3 is 2.82 bits per heavy atom. The molecule has 0 aromatic heterocycles. The summed E-state index contributed by atoms with van der Waals surface area (Å²) in [5.74, 6) is -0.339. The largest absolute Gasteiger partial charge is 0.481 e. The van der Waals surface area contributed by atoms with Crippen LogP contribution in [0.15, 0.2) is 29.2 Å². The molecule has 2 rings (SSSR count). The van der Waals surface area contributed by atoms with Gasteiger partial charge in [0.15, 0.2) is 0 Å². The Bertz CT molecular complexity index is 407. The molecule has 1 N–H and O–H groups in total. The molecule has 5 heteroatoms. The fourth-order valence-electron chi connectivity index (χ4n) is 1.76. The molecule has 0 spiro atoms. The van der Waals surface area contributed by atoms with Crippen molar-refractivity contribution in [3.8, 4) is 0 Å². The van der Waals surface area contributed by atoms with Gasteiger partial charge in [0.2, 0.25) is 0 Å². The molecule has 1 aromatic carbocycles. The maximum absolute atomic E-state index is 13.3. The molecule has 17 heavy (non-hydrogen) atoms. The lowest BCUT2D eigenvalue weighted by Crippen LogP contribution is -2.50. The second-order valence-corrected chi connectivity index (χ2v) is 5.21. The van der Waals surface area contributed by atoms with Crippen LogP contribution >= 0.6 is 11.8 Å². The first-order valence-electron chi connectivity index (χ1n) is 5.49. The van der Waals surface area contributed by atoms with E-state index in [-0.39, 0.29) is 11.7 Å². The first-order chi connectivity index (χ1) is 8.16. The average molecular weight is 255 g/mol. The van der Waals surface area contributed by atoms with E-state index in [9.17, 15) is 9.18 Å². The van der Waals surface area contributed by atoms with Crippen molar-refractivity contribution >= 4 is 17.7 Å². The highest BCUT2D eigenvalue weighted by atomic mass is 32.2. The van der Waals surface area contributed by atoms with Gasteiger partial charge in [-0.3, -0.25) is 4.79 Å². The van der Waals surface area contributed by atoms with Crippen molar-refractivity contribution in [2.24, 2.45) is 5.92 Å². The Morgan fingerprint density at radius 1 is 1.47 bits per heavy atom. The minimum absolute atomic E-state index is 0.190. The Morgan fingerprint density at radius 2 is 2.18 bits per heavy atom. The van der Waals surface area contributed by atoms with Crippen LogP contribution in [0.25, 0.3) is 0 Å². The number of aliphatic carboxylic acids is 1. The molecule has 1 aliphatic heterocycles. The van der Waals surface area contributed by atoms with E-state index in [1.807, 2.05) is 6.07 Å². The first-order valence-corrected chi connectivity index (χ1v) is 6.48. The summed E-state index contributed by atoms with van der Waals surface area (Å²) in [6, 6.07) is 6.70. The third-order valence-electron chi connectivity index (χ3n) is 2.81. The number of carboxylic acids is 1. The van der Waals surface area contributed by atoms with Gasteiger partial charge in [-0.2, -0.15) is 0 Å². The number of likely N-dealkylation sites (tertiary alicyclic amines) is 1. The highest BCUT2D eigenvalue weighted by Crippen LogP contribution is 2.22. The normalized spacial score (nSPS) is 16.8. The van der Waals surface area contributed by atoms with Crippen LogP contribution in [0.4, 0.5) is 4.39 Å². The Labute approximate surface area is 104 Å². The monoisotopic (exact) mass is 255 g/mol. The van der Waals surface area contributed by atoms with E-state index in [0.717, 1.165) is 12.3 Å². The van der Waals surface area contributed by atoms with E-state index >= 15 is 0 Å². The van der Waals surface area contributed by atoms with Crippen LogP contribution in [0, 0.1) is 11.7 Å². The number of carbonyl (C=O) groups is 1. The molecule has 0 amide bonds. The van der Waals surface area contributed by atoms with E-state index in [4.69, 9.17) is 5.11 Å². The van der Waals surface area contributed by atoms with Gasteiger partial charge in [-0.15, -0.1) is 11.8 Å². The van der Waals surface area contributed by atoms with Crippen LogP contribution in [-0.2, 0) is 4.79 Å². The number of nitrogens with zero attached hydrogens (tertiary/aromatic N) is 1. The molecule has 0 saturated carbocycles. The minimum atomic E-state index is -0.719. The molecule has 3 nitrogen and oxygen atoms in total. The van der Waals surface area contributed by atoms with Gasteiger partial charge in [-0.05, 0) is 12.1 Å². The van der Waals surface area contributed by atoms with Gasteiger partial charge in [0.25, 0.3) is 0 Å². The number of halogens is 1. The maximum Gasteiger partial charge on any atom is 0.309 e. The van der Waals surface area contributed by atoms with Gasteiger partial charge in [-0.25, -0.2) is 4.39 Å². The van der Waals surface area contributed by atoms with Crippen LogP contribution in [0.2, 0.25) is 0 Å². The molecule has 0 atom stereocenters. The van der Waals surface area contributed by atoms with Crippen LogP contribution in [-0.4, -0.2) is 41.4 Å². The summed E-state index contributed by atoms with van der Waals surface area (Å²) < 4.78 is 13.3. The SMILES string of the molecule is O=C(O)C1CN(CCSc2ccccc2F)C1. The molecule has 1 fully saturated rings. The van der Waals surface area contributed by atoms with E-state index in [1.54, 1.807) is 12.1 Å². The summed E-state index contributed by atoms with van der Waals surface area (Å²) >= 11 is 1.47. The molecule has 1 aliphatic rings. The Hall–Kier alpha value is -1.07. The summed E-state index contributed by atoms with van der Waals surface area (Å²) in [4.78, 5) is 13.3. The molecule has 0 unspecified atom stereocenters. The molecule has 1 aromatic rings. The lowest BCUT2D eigenvalue weighted by Gasteiger charge is -2.36. The summed E-state index contributed by atoms with van der Waals surface area (Å²) in [6.07, 6.45) is 0. The molecule has 0 bridgehead atoms. The third kappa shape index (κ3) is 3.20. The Balaban J connectivity index is 1.68. The van der Waals surface area contributed by atoms with Crippen molar-refractivity contribution in [2.75, 3.05) is 25.4 Å². The quantitative estimate of drug-likeness (QED) is 0.816. The number of hydrogen-bond acceptors (Lipinski definition) is 3. The van der Waals surface area contributed by atoms with Crippen molar-refractivity contribution in [1.82, 2.24) is 4.90 Å². The van der Waals surface area contributed by atoms with Crippen molar-refractivity contribution < 1.29 is 14.3 Å². The van der Waals surface area contributed by atoms with Gasteiger partial charge in [0.05, 0.1) is 5.92 Å². The van der Waals surface area contributed by atoms with Crippen molar-refractivity contribution in [2.45, 2.75) is 4.90 Å². The topological polar surface area (TPSA) is 40.5 Å². The van der Waals surface area contributed by atoms with Gasteiger partial charge >= 0.3 is 5.97 Å². The highest BCUT2D eigenvalue weighted by Gasteiger charge is 2.31. The summed E-state index contributed by atoms with van der Waals surface area (Å²) in [6.45, 7) is 2.04. The van der Waals surface area contributed by atoms with Crippen molar-refractivity contribution in [3.63, 3.8) is 0 Å². The number of thioether (sulfide) groups is 1. The number of carboxylic acid groups (broad SMARTS) is 1. The molecule has 92 valence electrons. The number of benzene rings is 1. The first kappa shape index (κ1) is 12.4. The summed E-state index contributed by atoms with van der Waals surface area (Å²) in [5.41, 5.74) is 0. The van der Waals surface area contributed by atoms with E-state index in [0.29, 0.717) is 18.0 Å².